The first-order valence-corrected chi connectivity index (χ1v) is 6.62. The van der Waals surface area contributed by atoms with Crippen LogP contribution in [0.1, 0.15) is 35.0 Å². The summed E-state index contributed by atoms with van der Waals surface area (Å²) in [4.78, 5) is 12.6. The lowest BCUT2D eigenvalue weighted by molar-refractivity contribution is 0.0942. The van der Waals surface area contributed by atoms with Gasteiger partial charge in [-0.25, -0.2) is 0 Å². The standard InChI is InChI=1S/C12H15N3O2S/c1-3-10-11(18-15-14-10)12(16)13-8(2)7-9-5-4-6-17-9/h4-6,8H,3,7H2,1-2H3,(H,13,16)/t8-/m0/s1. The maximum Gasteiger partial charge on any atom is 0.265 e. The van der Waals surface area contributed by atoms with Crippen LogP contribution in [0.3, 0.4) is 0 Å². The molecule has 2 aromatic heterocycles. The highest BCUT2D eigenvalue weighted by atomic mass is 32.1. The van der Waals surface area contributed by atoms with Crippen molar-refractivity contribution >= 4 is 17.4 Å². The van der Waals surface area contributed by atoms with Crippen LogP contribution < -0.4 is 5.32 Å². The molecule has 0 aromatic carbocycles. The van der Waals surface area contributed by atoms with Crippen molar-refractivity contribution in [1.29, 1.82) is 0 Å². The Morgan fingerprint density at radius 1 is 1.61 bits per heavy atom. The van der Waals surface area contributed by atoms with Gasteiger partial charge in [0, 0.05) is 12.5 Å². The Balaban J connectivity index is 1.95. The highest BCUT2D eigenvalue weighted by Crippen LogP contribution is 2.12. The molecule has 1 N–H and O–H groups in total. The van der Waals surface area contributed by atoms with Gasteiger partial charge in [-0.3, -0.25) is 4.79 Å². The number of carbonyl (C=O) groups is 1. The summed E-state index contributed by atoms with van der Waals surface area (Å²) in [7, 11) is 0. The number of nitrogens with zero attached hydrogens (tertiary/aromatic N) is 2. The molecule has 1 atom stereocenters. The van der Waals surface area contributed by atoms with Crippen molar-refractivity contribution in [3.63, 3.8) is 0 Å². The molecule has 1 amide bonds. The van der Waals surface area contributed by atoms with Crippen molar-refractivity contribution in [3.8, 4) is 0 Å². The second-order valence-electron chi connectivity index (χ2n) is 4.06. The smallest absolute Gasteiger partial charge is 0.265 e. The molecule has 2 aromatic rings. The molecule has 0 spiro atoms. The van der Waals surface area contributed by atoms with Crippen LogP contribution in [0.2, 0.25) is 0 Å². The van der Waals surface area contributed by atoms with E-state index in [0.717, 1.165) is 23.0 Å². The average Bonchev–Trinajstić information content (AvgIpc) is 2.97. The van der Waals surface area contributed by atoms with E-state index in [1.165, 1.54) is 0 Å². The van der Waals surface area contributed by atoms with Gasteiger partial charge in [-0.15, -0.1) is 5.10 Å². The maximum atomic E-state index is 12.0. The van der Waals surface area contributed by atoms with Gasteiger partial charge in [0.2, 0.25) is 0 Å². The van der Waals surface area contributed by atoms with Crippen LogP contribution in [0.5, 0.6) is 0 Å². The molecule has 96 valence electrons. The van der Waals surface area contributed by atoms with Crippen molar-refractivity contribution in [1.82, 2.24) is 14.9 Å². The van der Waals surface area contributed by atoms with Gasteiger partial charge < -0.3 is 9.73 Å². The minimum Gasteiger partial charge on any atom is -0.469 e. The molecule has 0 radical (unpaired) electrons. The summed E-state index contributed by atoms with van der Waals surface area (Å²) in [6.45, 7) is 3.90. The average molecular weight is 265 g/mol. The molecule has 0 aliphatic heterocycles. The van der Waals surface area contributed by atoms with Crippen molar-refractivity contribution in [3.05, 3.63) is 34.7 Å². The van der Waals surface area contributed by atoms with Gasteiger partial charge >= 0.3 is 0 Å². The Morgan fingerprint density at radius 3 is 3.11 bits per heavy atom. The minimum atomic E-state index is -0.110. The van der Waals surface area contributed by atoms with E-state index in [1.807, 2.05) is 26.0 Å². The molecule has 0 aliphatic rings. The molecule has 0 fully saturated rings. The van der Waals surface area contributed by atoms with Crippen molar-refractivity contribution in [2.24, 2.45) is 0 Å². The molecule has 18 heavy (non-hydrogen) atoms. The fraction of sp³-hybridized carbons (Fsp3) is 0.417. The third kappa shape index (κ3) is 2.95. The van der Waals surface area contributed by atoms with Gasteiger partial charge in [0.05, 0.1) is 12.0 Å². The van der Waals surface area contributed by atoms with Crippen molar-refractivity contribution < 1.29 is 9.21 Å². The zero-order chi connectivity index (χ0) is 13.0. The first kappa shape index (κ1) is 12.8. The highest BCUT2D eigenvalue weighted by Gasteiger charge is 2.17. The number of hydrogen-bond acceptors (Lipinski definition) is 5. The van der Waals surface area contributed by atoms with Crippen LogP contribution in [0.15, 0.2) is 22.8 Å². The number of rotatable bonds is 5. The first-order valence-electron chi connectivity index (χ1n) is 5.85. The van der Waals surface area contributed by atoms with E-state index in [9.17, 15) is 4.79 Å². The van der Waals surface area contributed by atoms with Crippen LogP contribution in [0.4, 0.5) is 0 Å². The molecular weight excluding hydrogens is 250 g/mol. The third-order valence-electron chi connectivity index (χ3n) is 2.56. The van der Waals surface area contributed by atoms with Gasteiger partial charge in [-0.1, -0.05) is 11.4 Å². The lowest BCUT2D eigenvalue weighted by Crippen LogP contribution is -2.34. The molecule has 0 aliphatic carbocycles. The van der Waals surface area contributed by atoms with E-state index in [-0.39, 0.29) is 11.9 Å². The second-order valence-corrected chi connectivity index (χ2v) is 4.81. The lowest BCUT2D eigenvalue weighted by atomic mass is 10.2. The van der Waals surface area contributed by atoms with Crippen molar-refractivity contribution in [2.75, 3.05) is 0 Å². The van der Waals surface area contributed by atoms with E-state index in [0.29, 0.717) is 17.7 Å². The van der Waals surface area contributed by atoms with Gasteiger partial charge in [0.25, 0.3) is 5.91 Å². The highest BCUT2D eigenvalue weighted by molar-refractivity contribution is 7.08. The van der Waals surface area contributed by atoms with Crippen molar-refractivity contribution in [2.45, 2.75) is 32.7 Å². The third-order valence-corrected chi connectivity index (χ3v) is 3.33. The molecule has 0 bridgehead atoms. The second kappa shape index (κ2) is 5.77. The number of aryl methyl sites for hydroxylation is 1. The van der Waals surface area contributed by atoms with Crippen LogP contribution in [-0.2, 0) is 12.8 Å². The van der Waals surface area contributed by atoms with Gasteiger partial charge in [-0.2, -0.15) is 0 Å². The zero-order valence-electron chi connectivity index (χ0n) is 10.3. The van der Waals surface area contributed by atoms with Gasteiger partial charge in [0.1, 0.15) is 10.6 Å². The zero-order valence-corrected chi connectivity index (χ0v) is 11.2. The number of amides is 1. The fourth-order valence-corrected chi connectivity index (χ4v) is 2.34. The Morgan fingerprint density at radius 2 is 2.44 bits per heavy atom. The SMILES string of the molecule is CCc1nnsc1C(=O)N[C@@H](C)Cc1ccco1. The summed E-state index contributed by atoms with van der Waals surface area (Å²) in [5.41, 5.74) is 0.752. The molecule has 0 unspecified atom stereocenters. The molecule has 6 heteroatoms. The number of furan rings is 1. The molecule has 0 saturated carbocycles. The predicted octanol–water partition coefficient (Wildman–Crippen LogP) is 2.05. The number of hydrogen-bond donors (Lipinski definition) is 1. The number of carbonyl (C=O) groups excluding carboxylic acids is 1. The Labute approximate surface area is 109 Å². The first-order chi connectivity index (χ1) is 8.70. The lowest BCUT2D eigenvalue weighted by Gasteiger charge is -2.11. The van der Waals surface area contributed by atoms with Crippen LogP contribution in [-0.4, -0.2) is 21.5 Å². The largest absolute Gasteiger partial charge is 0.469 e. The minimum absolute atomic E-state index is 0.00968. The number of aromatic nitrogens is 2. The monoisotopic (exact) mass is 265 g/mol. The van der Waals surface area contributed by atoms with E-state index < -0.39 is 0 Å². The predicted molar refractivity (Wildman–Crippen MR) is 68.6 cm³/mol. The normalized spacial score (nSPS) is 12.3. The maximum absolute atomic E-state index is 12.0. The summed E-state index contributed by atoms with van der Waals surface area (Å²) < 4.78 is 9.06. The van der Waals surface area contributed by atoms with Crippen LogP contribution in [0.25, 0.3) is 0 Å². The van der Waals surface area contributed by atoms with Gasteiger partial charge in [-0.05, 0) is 37.0 Å². The van der Waals surface area contributed by atoms with Crippen LogP contribution in [0, 0.1) is 0 Å². The molecule has 2 rings (SSSR count). The molecular formula is C12H15N3O2S. The Hall–Kier alpha value is -1.69. The van der Waals surface area contributed by atoms with E-state index in [1.54, 1.807) is 6.26 Å². The fourth-order valence-electron chi connectivity index (χ4n) is 1.68. The van der Waals surface area contributed by atoms with Crippen LogP contribution >= 0.6 is 11.5 Å². The summed E-state index contributed by atoms with van der Waals surface area (Å²) in [5.74, 6) is 0.752. The van der Waals surface area contributed by atoms with E-state index >= 15 is 0 Å². The summed E-state index contributed by atoms with van der Waals surface area (Å²) in [6, 6.07) is 3.75. The van der Waals surface area contributed by atoms with Gasteiger partial charge in [0.15, 0.2) is 0 Å². The summed E-state index contributed by atoms with van der Waals surface area (Å²) in [5, 5.41) is 6.85. The Bertz CT molecular complexity index is 507. The summed E-state index contributed by atoms with van der Waals surface area (Å²) in [6.07, 6.45) is 3.02. The molecule has 2 heterocycles. The molecule has 0 saturated heterocycles. The molecule has 5 nitrogen and oxygen atoms in total. The Kier molecular flexibility index (Phi) is 4.09. The summed E-state index contributed by atoms with van der Waals surface area (Å²) >= 11 is 1.14. The topological polar surface area (TPSA) is 68.0 Å². The van der Waals surface area contributed by atoms with E-state index in [2.05, 4.69) is 14.9 Å². The van der Waals surface area contributed by atoms with E-state index in [4.69, 9.17) is 4.42 Å². The number of nitrogens with one attached hydrogen (secondary N) is 1. The quantitative estimate of drug-likeness (QED) is 0.898.